The van der Waals surface area contributed by atoms with E-state index in [0.29, 0.717) is 48.3 Å². The second kappa shape index (κ2) is 7.97. The molecular weight excluding hydrogens is 434 g/mol. The van der Waals surface area contributed by atoms with Crippen molar-refractivity contribution in [2.45, 2.75) is 59.5 Å². The van der Waals surface area contributed by atoms with Crippen LogP contribution in [0.1, 0.15) is 67.1 Å². The summed E-state index contributed by atoms with van der Waals surface area (Å²) < 4.78 is 31.5. The molecule has 0 radical (unpaired) electrons. The largest absolute Gasteiger partial charge is 0.477 e. The lowest BCUT2D eigenvalue weighted by Crippen LogP contribution is -2.36. The maximum atomic E-state index is 13.3. The number of carboxylic acids is 1. The second-order valence-electron chi connectivity index (χ2n) is 9.65. The third kappa shape index (κ3) is 3.89. The number of nitrogens with one attached hydrogen (secondary N) is 1. The standard InChI is InChI=1S/C24H26F2N2O5/c1-11(29)28-7-5-6-12-13-9-17(24(2,3)4)15-8-16(22(31)32)21(30)27-19(15)14(13)10-18(20(12)28)33-23(25)26/h8,10,17,23H,5-7,9H2,1-4H3,(H,27,30)(H,31,32)/t17-/m1/s1. The Hall–Kier alpha value is -3.23. The monoisotopic (exact) mass is 460 g/mol. The van der Waals surface area contributed by atoms with Crippen LogP contribution in [-0.2, 0) is 17.6 Å². The average Bonchev–Trinajstić information content (AvgIpc) is 2.71. The number of alkyl halides is 2. The molecule has 1 aromatic heterocycles. The summed E-state index contributed by atoms with van der Waals surface area (Å²) in [5.74, 6) is -1.87. The first kappa shape index (κ1) is 22.9. The molecule has 1 aliphatic carbocycles. The quantitative estimate of drug-likeness (QED) is 0.711. The van der Waals surface area contributed by atoms with Crippen molar-refractivity contribution >= 4 is 17.6 Å². The first-order valence-corrected chi connectivity index (χ1v) is 10.8. The van der Waals surface area contributed by atoms with Crippen LogP contribution in [0.4, 0.5) is 14.5 Å². The minimum atomic E-state index is -3.10. The van der Waals surface area contributed by atoms with Crippen LogP contribution in [0.3, 0.4) is 0 Å². The molecule has 0 saturated heterocycles. The molecule has 2 N–H and O–H groups in total. The van der Waals surface area contributed by atoms with E-state index in [9.17, 15) is 28.3 Å². The van der Waals surface area contributed by atoms with E-state index in [2.05, 4.69) is 4.98 Å². The molecule has 2 heterocycles. The molecule has 1 atom stereocenters. The SMILES string of the molecule is CC(=O)N1CCCc2c3c(cc(OC(F)F)c21)-c1[nH]c(=O)c(C(=O)O)cc1[C@H](C(C)(C)C)C3. The van der Waals surface area contributed by atoms with Crippen molar-refractivity contribution < 1.29 is 28.2 Å². The number of rotatable bonds is 3. The van der Waals surface area contributed by atoms with Gasteiger partial charge in [-0.2, -0.15) is 8.78 Å². The number of aromatic carboxylic acids is 1. The number of pyridine rings is 1. The van der Waals surface area contributed by atoms with Gasteiger partial charge in [-0.25, -0.2) is 4.79 Å². The van der Waals surface area contributed by atoms with E-state index in [1.165, 1.54) is 24.0 Å². The first-order valence-electron chi connectivity index (χ1n) is 10.8. The van der Waals surface area contributed by atoms with Crippen LogP contribution in [0.25, 0.3) is 11.3 Å². The Balaban J connectivity index is 2.07. The van der Waals surface area contributed by atoms with Gasteiger partial charge in [0.25, 0.3) is 5.56 Å². The van der Waals surface area contributed by atoms with Crippen molar-refractivity contribution in [2.75, 3.05) is 11.4 Å². The predicted octanol–water partition coefficient (Wildman–Crippen LogP) is 4.33. The molecule has 176 valence electrons. The molecule has 0 fully saturated rings. The summed E-state index contributed by atoms with van der Waals surface area (Å²) in [6.07, 6.45) is 1.75. The van der Waals surface area contributed by atoms with Crippen LogP contribution in [0.15, 0.2) is 16.9 Å². The number of hydrogen-bond acceptors (Lipinski definition) is 4. The lowest BCUT2D eigenvalue weighted by molar-refractivity contribution is -0.116. The minimum Gasteiger partial charge on any atom is -0.477 e. The van der Waals surface area contributed by atoms with E-state index < -0.39 is 18.1 Å². The zero-order valence-electron chi connectivity index (χ0n) is 18.9. The molecule has 0 bridgehead atoms. The summed E-state index contributed by atoms with van der Waals surface area (Å²) >= 11 is 0. The highest BCUT2D eigenvalue weighted by molar-refractivity contribution is 5.97. The maximum absolute atomic E-state index is 13.3. The van der Waals surface area contributed by atoms with Crippen molar-refractivity contribution in [1.82, 2.24) is 4.98 Å². The molecule has 9 heteroatoms. The number of H-pyrrole nitrogens is 1. The van der Waals surface area contributed by atoms with E-state index in [1.54, 1.807) is 0 Å². The van der Waals surface area contributed by atoms with E-state index in [1.807, 2.05) is 20.8 Å². The zero-order valence-corrected chi connectivity index (χ0v) is 18.9. The zero-order chi connectivity index (χ0) is 24.2. The second-order valence-corrected chi connectivity index (χ2v) is 9.65. The summed E-state index contributed by atoms with van der Waals surface area (Å²) in [5.41, 5.74) is 2.14. The summed E-state index contributed by atoms with van der Waals surface area (Å²) in [6, 6.07) is 2.83. The van der Waals surface area contributed by atoms with Gasteiger partial charge < -0.3 is 19.7 Å². The molecule has 0 unspecified atom stereocenters. The number of aromatic amines is 1. The van der Waals surface area contributed by atoms with Crippen LogP contribution in [0.2, 0.25) is 0 Å². The van der Waals surface area contributed by atoms with Gasteiger partial charge in [-0.05, 0) is 59.4 Å². The van der Waals surface area contributed by atoms with Crippen molar-refractivity contribution in [3.05, 3.63) is 44.7 Å². The lowest BCUT2D eigenvalue weighted by Gasteiger charge is -2.40. The van der Waals surface area contributed by atoms with Gasteiger partial charge in [0.05, 0.1) is 11.4 Å². The Morgan fingerprint density at radius 3 is 2.52 bits per heavy atom. The Kier molecular flexibility index (Phi) is 5.54. The maximum Gasteiger partial charge on any atom is 0.387 e. The number of hydrogen-bond donors (Lipinski definition) is 2. The first-order chi connectivity index (χ1) is 15.4. The Morgan fingerprint density at radius 2 is 1.94 bits per heavy atom. The number of nitrogens with zero attached hydrogens (tertiary/aromatic N) is 1. The van der Waals surface area contributed by atoms with Crippen LogP contribution >= 0.6 is 0 Å². The average molecular weight is 460 g/mol. The normalized spacial score (nSPS) is 17.3. The Bertz CT molecular complexity index is 1210. The van der Waals surface area contributed by atoms with E-state index in [-0.39, 0.29) is 28.6 Å². The smallest absolute Gasteiger partial charge is 0.387 e. The Labute approximate surface area is 189 Å². The van der Waals surface area contributed by atoms with E-state index in [4.69, 9.17) is 4.74 Å². The number of amides is 1. The van der Waals surface area contributed by atoms with Gasteiger partial charge in [0.15, 0.2) is 5.75 Å². The number of ether oxygens (including phenoxy) is 1. The van der Waals surface area contributed by atoms with Crippen molar-refractivity contribution in [3.8, 4) is 17.0 Å². The van der Waals surface area contributed by atoms with E-state index in [0.717, 1.165) is 11.1 Å². The number of carbonyl (C=O) groups excluding carboxylic acids is 1. The highest BCUT2D eigenvalue weighted by Crippen LogP contribution is 2.52. The number of halogens is 2. The molecule has 1 amide bonds. The summed E-state index contributed by atoms with van der Waals surface area (Å²) in [7, 11) is 0. The predicted molar refractivity (Wildman–Crippen MR) is 118 cm³/mol. The number of carbonyl (C=O) groups is 2. The van der Waals surface area contributed by atoms with E-state index >= 15 is 0 Å². The fourth-order valence-corrected chi connectivity index (χ4v) is 5.08. The van der Waals surface area contributed by atoms with Crippen LogP contribution in [-0.4, -0.2) is 35.1 Å². The van der Waals surface area contributed by atoms with Gasteiger partial charge in [0.1, 0.15) is 5.56 Å². The number of carboxylic acid groups (broad SMARTS) is 1. The van der Waals surface area contributed by atoms with Crippen LogP contribution < -0.4 is 15.2 Å². The van der Waals surface area contributed by atoms with Gasteiger partial charge in [0.2, 0.25) is 5.91 Å². The summed E-state index contributed by atoms with van der Waals surface area (Å²) in [6.45, 7) is 4.78. The molecule has 2 aromatic rings. The van der Waals surface area contributed by atoms with Crippen molar-refractivity contribution in [2.24, 2.45) is 5.41 Å². The van der Waals surface area contributed by atoms with Gasteiger partial charge in [-0.3, -0.25) is 9.59 Å². The third-order valence-electron chi connectivity index (χ3n) is 6.56. The number of benzene rings is 1. The Morgan fingerprint density at radius 1 is 1.24 bits per heavy atom. The summed E-state index contributed by atoms with van der Waals surface area (Å²) in [5, 5.41) is 9.47. The fraction of sp³-hybridized carbons (Fsp3) is 0.458. The molecule has 33 heavy (non-hydrogen) atoms. The molecule has 4 rings (SSSR count). The number of anilines is 1. The lowest BCUT2D eigenvalue weighted by atomic mass is 9.67. The van der Waals surface area contributed by atoms with Gasteiger partial charge in [0, 0.05) is 19.0 Å². The highest BCUT2D eigenvalue weighted by atomic mass is 19.3. The van der Waals surface area contributed by atoms with Gasteiger partial charge in [-0.1, -0.05) is 20.8 Å². The molecule has 7 nitrogen and oxygen atoms in total. The molecule has 0 spiro atoms. The van der Waals surface area contributed by atoms with Gasteiger partial charge >= 0.3 is 12.6 Å². The number of fused-ring (bicyclic) bond motifs is 5. The molecule has 0 saturated carbocycles. The minimum absolute atomic E-state index is 0.128. The van der Waals surface area contributed by atoms with Crippen molar-refractivity contribution in [3.63, 3.8) is 0 Å². The van der Waals surface area contributed by atoms with Gasteiger partial charge in [-0.15, -0.1) is 0 Å². The molecule has 1 aliphatic heterocycles. The number of aromatic nitrogens is 1. The fourth-order valence-electron chi connectivity index (χ4n) is 5.08. The van der Waals surface area contributed by atoms with Crippen LogP contribution in [0, 0.1) is 5.41 Å². The molecule has 1 aromatic carbocycles. The van der Waals surface area contributed by atoms with Crippen LogP contribution in [0.5, 0.6) is 5.75 Å². The summed E-state index contributed by atoms with van der Waals surface area (Å²) in [4.78, 5) is 40.6. The topological polar surface area (TPSA) is 99.7 Å². The van der Waals surface area contributed by atoms with Crippen molar-refractivity contribution in [1.29, 1.82) is 0 Å². The molecule has 2 aliphatic rings. The molecular formula is C24H26F2N2O5. The third-order valence-corrected chi connectivity index (χ3v) is 6.56. The highest BCUT2D eigenvalue weighted by Gasteiger charge is 2.39.